The van der Waals surface area contributed by atoms with Gasteiger partial charge in [0.2, 0.25) is 11.9 Å². The number of nitrogens with two attached hydrogens (primary N) is 1. The molecule has 2 aromatic rings. The largest absolute Gasteiger partial charge is 0.368 e. The fourth-order valence-electron chi connectivity index (χ4n) is 3.01. The van der Waals surface area contributed by atoms with Crippen molar-refractivity contribution in [3.05, 3.63) is 42.8 Å². The molecule has 1 atom stereocenters. The van der Waals surface area contributed by atoms with Crippen LogP contribution in [0.5, 0.6) is 0 Å². The highest BCUT2D eigenvalue weighted by molar-refractivity contribution is 5.92. The van der Waals surface area contributed by atoms with E-state index in [-0.39, 0.29) is 17.9 Å². The van der Waals surface area contributed by atoms with Gasteiger partial charge in [0.15, 0.2) is 0 Å². The molecule has 0 bridgehead atoms. The molecule has 3 rings (SSSR count). The average molecular weight is 326 g/mol. The molecule has 1 amide bonds. The van der Waals surface area contributed by atoms with Crippen LogP contribution in [0.25, 0.3) is 6.08 Å². The van der Waals surface area contributed by atoms with Crippen molar-refractivity contribution in [3.63, 3.8) is 0 Å². The number of imidazole rings is 1. The van der Waals surface area contributed by atoms with Gasteiger partial charge in [-0.3, -0.25) is 4.79 Å². The molecular weight excluding hydrogens is 304 g/mol. The SMILES string of the molecule is Nc1ncc(/C=C/C(=O)N2CCCCC2CCn2ccnc2)cn1. The van der Waals surface area contributed by atoms with E-state index in [0.29, 0.717) is 0 Å². The van der Waals surface area contributed by atoms with E-state index in [1.54, 1.807) is 30.7 Å². The minimum absolute atomic E-state index is 0.0437. The monoisotopic (exact) mass is 326 g/mol. The summed E-state index contributed by atoms with van der Waals surface area (Å²) in [6, 6.07) is 0.279. The molecule has 0 radical (unpaired) electrons. The number of piperidine rings is 1. The van der Waals surface area contributed by atoms with Crippen LogP contribution in [0, 0.1) is 0 Å². The number of nitrogens with zero attached hydrogens (tertiary/aromatic N) is 5. The fraction of sp³-hybridized carbons (Fsp3) is 0.412. The maximum absolute atomic E-state index is 12.6. The summed E-state index contributed by atoms with van der Waals surface area (Å²) in [4.78, 5) is 26.5. The van der Waals surface area contributed by atoms with Gasteiger partial charge in [0.1, 0.15) is 0 Å². The van der Waals surface area contributed by atoms with Gasteiger partial charge in [-0.1, -0.05) is 0 Å². The third-order valence-electron chi connectivity index (χ3n) is 4.30. The molecule has 0 aliphatic carbocycles. The first-order valence-electron chi connectivity index (χ1n) is 8.24. The number of carbonyl (C=O) groups is 1. The molecule has 2 N–H and O–H groups in total. The minimum atomic E-state index is 0.0437. The smallest absolute Gasteiger partial charge is 0.246 e. The lowest BCUT2D eigenvalue weighted by atomic mass is 9.99. The lowest BCUT2D eigenvalue weighted by Gasteiger charge is -2.35. The first-order chi connectivity index (χ1) is 11.7. The molecule has 7 heteroatoms. The number of hydrogen-bond acceptors (Lipinski definition) is 5. The van der Waals surface area contributed by atoms with E-state index < -0.39 is 0 Å². The summed E-state index contributed by atoms with van der Waals surface area (Å²) in [7, 11) is 0. The zero-order chi connectivity index (χ0) is 16.8. The van der Waals surface area contributed by atoms with Crippen LogP contribution in [0.4, 0.5) is 5.95 Å². The number of likely N-dealkylation sites (tertiary alicyclic amines) is 1. The van der Waals surface area contributed by atoms with Crippen molar-refractivity contribution in [1.29, 1.82) is 0 Å². The molecule has 1 fully saturated rings. The van der Waals surface area contributed by atoms with Crippen molar-refractivity contribution in [2.24, 2.45) is 0 Å². The van der Waals surface area contributed by atoms with Crippen LogP contribution in [-0.2, 0) is 11.3 Å². The lowest BCUT2D eigenvalue weighted by Crippen LogP contribution is -2.43. The van der Waals surface area contributed by atoms with E-state index in [4.69, 9.17) is 5.73 Å². The first kappa shape index (κ1) is 16.2. The second kappa shape index (κ2) is 7.72. The van der Waals surface area contributed by atoms with Crippen molar-refractivity contribution in [2.75, 3.05) is 12.3 Å². The second-order valence-electron chi connectivity index (χ2n) is 5.98. The van der Waals surface area contributed by atoms with Crippen molar-refractivity contribution >= 4 is 17.9 Å². The van der Waals surface area contributed by atoms with Gasteiger partial charge in [-0.05, 0) is 31.8 Å². The van der Waals surface area contributed by atoms with Gasteiger partial charge in [-0.15, -0.1) is 0 Å². The molecule has 0 aromatic carbocycles. The number of carbonyl (C=O) groups excluding carboxylic acids is 1. The molecule has 3 heterocycles. The molecule has 7 nitrogen and oxygen atoms in total. The molecular formula is C17H22N6O. The number of aryl methyl sites for hydroxylation is 1. The van der Waals surface area contributed by atoms with Crippen LogP contribution < -0.4 is 5.73 Å². The molecule has 1 unspecified atom stereocenters. The second-order valence-corrected chi connectivity index (χ2v) is 5.98. The summed E-state index contributed by atoms with van der Waals surface area (Å²) in [5.41, 5.74) is 6.23. The van der Waals surface area contributed by atoms with Gasteiger partial charge < -0.3 is 15.2 Å². The normalized spacial score (nSPS) is 18.2. The maximum Gasteiger partial charge on any atom is 0.246 e. The van der Waals surface area contributed by atoms with Gasteiger partial charge in [0.25, 0.3) is 0 Å². The Balaban J connectivity index is 1.61. The van der Waals surface area contributed by atoms with Crippen LogP contribution in [0.2, 0.25) is 0 Å². The van der Waals surface area contributed by atoms with Crippen LogP contribution in [0.15, 0.2) is 37.2 Å². The number of amides is 1. The average Bonchev–Trinajstić information content (AvgIpc) is 3.13. The fourth-order valence-corrected chi connectivity index (χ4v) is 3.01. The summed E-state index contributed by atoms with van der Waals surface area (Å²) in [5.74, 6) is 0.274. The zero-order valence-corrected chi connectivity index (χ0v) is 13.6. The van der Waals surface area contributed by atoms with Crippen molar-refractivity contribution in [2.45, 2.75) is 38.3 Å². The maximum atomic E-state index is 12.6. The van der Waals surface area contributed by atoms with E-state index in [1.807, 2.05) is 17.4 Å². The van der Waals surface area contributed by atoms with Gasteiger partial charge in [-0.2, -0.15) is 0 Å². The Hall–Kier alpha value is -2.70. The summed E-state index contributed by atoms with van der Waals surface area (Å²) in [6.07, 6.45) is 16.3. The van der Waals surface area contributed by atoms with Crippen LogP contribution in [-0.4, -0.2) is 42.9 Å². The highest BCUT2D eigenvalue weighted by atomic mass is 16.2. The van der Waals surface area contributed by atoms with Crippen LogP contribution in [0.3, 0.4) is 0 Å². The van der Waals surface area contributed by atoms with Crippen molar-refractivity contribution in [3.8, 4) is 0 Å². The third-order valence-corrected chi connectivity index (χ3v) is 4.30. The zero-order valence-electron chi connectivity index (χ0n) is 13.6. The highest BCUT2D eigenvalue weighted by Gasteiger charge is 2.24. The summed E-state index contributed by atoms with van der Waals surface area (Å²) >= 11 is 0. The van der Waals surface area contributed by atoms with E-state index in [2.05, 4.69) is 19.5 Å². The van der Waals surface area contributed by atoms with Crippen LogP contribution in [0.1, 0.15) is 31.2 Å². The third kappa shape index (κ3) is 4.18. The molecule has 126 valence electrons. The van der Waals surface area contributed by atoms with Gasteiger partial charge in [0.05, 0.1) is 6.33 Å². The molecule has 1 aliphatic rings. The topological polar surface area (TPSA) is 89.9 Å². The molecule has 0 saturated carbocycles. The standard InChI is InChI=1S/C17H22N6O/c18-17-20-11-14(12-21-17)4-5-16(24)23-8-2-1-3-15(23)6-9-22-10-7-19-13-22/h4-5,7,10-13,15H,1-3,6,8-9H2,(H2,18,20,21)/b5-4+. The quantitative estimate of drug-likeness (QED) is 0.845. The Morgan fingerprint density at radius 3 is 2.92 bits per heavy atom. The molecule has 1 aliphatic heterocycles. The Bertz CT molecular complexity index is 680. The Morgan fingerprint density at radius 2 is 2.17 bits per heavy atom. The van der Waals surface area contributed by atoms with Gasteiger partial charge in [0, 0.05) is 55.6 Å². The summed E-state index contributed by atoms with van der Waals surface area (Å²) in [5, 5.41) is 0. The predicted octanol–water partition coefficient (Wildman–Crippen LogP) is 1.74. The van der Waals surface area contributed by atoms with Crippen molar-refractivity contribution in [1.82, 2.24) is 24.4 Å². The summed E-state index contributed by atoms with van der Waals surface area (Å²) in [6.45, 7) is 1.69. The number of aromatic nitrogens is 4. The van der Waals surface area contributed by atoms with Crippen LogP contribution >= 0.6 is 0 Å². The van der Waals surface area contributed by atoms with E-state index in [1.165, 1.54) is 6.42 Å². The van der Waals surface area contributed by atoms with Gasteiger partial charge >= 0.3 is 0 Å². The number of anilines is 1. The number of nitrogen functional groups attached to an aromatic ring is 1. The predicted molar refractivity (Wildman–Crippen MR) is 91.7 cm³/mol. The molecule has 0 spiro atoms. The lowest BCUT2D eigenvalue weighted by molar-refractivity contribution is -0.129. The first-order valence-corrected chi connectivity index (χ1v) is 8.24. The molecule has 2 aromatic heterocycles. The Labute approximate surface area is 141 Å². The Kier molecular flexibility index (Phi) is 5.20. The minimum Gasteiger partial charge on any atom is -0.368 e. The number of rotatable bonds is 5. The molecule has 24 heavy (non-hydrogen) atoms. The highest BCUT2D eigenvalue weighted by Crippen LogP contribution is 2.21. The Morgan fingerprint density at radius 1 is 1.33 bits per heavy atom. The van der Waals surface area contributed by atoms with Gasteiger partial charge in [-0.25, -0.2) is 15.0 Å². The molecule has 1 saturated heterocycles. The van der Waals surface area contributed by atoms with E-state index >= 15 is 0 Å². The van der Waals surface area contributed by atoms with Crippen molar-refractivity contribution < 1.29 is 4.79 Å². The van der Waals surface area contributed by atoms with E-state index in [9.17, 15) is 4.79 Å². The summed E-state index contributed by atoms with van der Waals surface area (Å²) < 4.78 is 2.05. The number of hydrogen-bond donors (Lipinski definition) is 1. The van der Waals surface area contributed by atoms with E-state index in [0.717, 1.165) is 37.9 Å².